The van der Waals surface area contributed by atoms with Crippen molar-refractivity contribution >= 4 is 0 Å². The van der Waals surface area contributed by atoms with E-state index in [4.69, 9.17) is 4.74 Å². The normalized spacial score (nSPS) is 48.3. The van der Waals surface area contributed by atoms with E-state index in [-0.39, 0.29) is 0 Å². The fourth-order valence-electron chi connectivity index (χ4n) is 2.07. The maximum atomic E-state index is 5.31. The molecule has 2 heteroatoms. The second-order valence-electron chi connectivity index (χ2n) is 3.11. The highest BCUT2D eigenvalue weighted by atomic mass is 16.5. The summed E-state index contributed by atoms with van der Waals surface area (Å²) in [6.07, 6.45) is 3.15. The van der Waals surface area contributed by atoms with Crippen LogP contribution in [0.5, 0.6) is 0 Å². The lowest BCUT2D eigenvalue weighted by molar-refractivity contribution is 0.0627. The van der Waals surface area contributed by atoms with Crippen LogP contribution in [0.15, 0.2) is 0 Å². The van der Waals surface area contributed by atoms with Crippen LogP contribution in [0, 0.1) is 5.92 Å². The Balaban J connectivity index is 2.01. The number of hydrogen-bond acceptors (Lipinski definition) is 2. The Bertz CT molecular complexity index is 115. The molecule has 52 valence electrons. The van der Waals surface area contributed by atoms with Gasteiger partial charge in [0.1, 0.15) is 0 Å². The average molecular weight is 127 g/mol. The monoisotopic (exact) mass is 127 g/mol. The van der Waals surface area contributed by atoms with Crippen molar-refractivity contribution in [3.05, 3.63) is 0 Å². The third-order valence-corrected chi connectivity index (χ3v) is 2.60. The molecule has 0 spiro atoms. The van der Waals surface area contributed by atoms with Gasteiger partial charge >= 0.3 is 0 Å². The van der Waals surface area contributed by atoms with Crippen molar-refractivity contribution in [3.8, 4) is 0 Å². The molecule has 1 aliphatic carbocycles. The van der Waals surface area contributed by atoms with Gasteiger partial charge in [0.25, 0.3) is 0 Å². The second-order valence-corrected chi connectivity index (χ2v) is 3.11. The van der Waals surface area contributed by atoms with Crippen LogP contribution in [-0.2, 0) is 4.74 Å². The molecule has 2 fully saturated rings. The zero-order valence-electron chi connectivity index (χ0n) is 5.76. The minimum Gasteiger partial charge on any atom is -0.381 e. The molecular weight excluding hydrogens is 114 g/mol. The van der Waals surface area contributed by atoms with Crippen LogP contribution in [-0.4, -0.2) is 25.8 Å². The topological polar surface area (TPSA) is 21.3 Å². The van der Waals surface area contributed by atoms with Crippen molar-refractivity contribution in [1.82, 2.24) is 5.32 Å². The lowest BCUT2D eigenvalue weighted by Crippen LogP contribution is -2.33. The molecule has 1 saturated heterocycles. The van der Waals surface area contributed by atoms with Gasteiger partial charge in [-0.15, -0.1) is 0 Å². The molecule has 1 aliphatic heterocycles. The molecule has 1 heterocycles. The quantitative estimate of drug-likeness (QED) is 0.550. The zero-order valence-corrected chi connectivity index (χ0v) is 5.76. The highest BCUT2D eigenvalue weighted by Crippen LogP contribution is 2.32. The van der Waals surface area contributed by atoms with E-state index in [1.165, 1.54) is 19.4 Å². The Morgan fingerprint density at radius 1 is 1.44 bits per heavy atom. The molecule has 1 N–H and O–H groups in total. The summed E-state index contributed by atoms with van der Waals surface area (Å²) in [5.41, 5.74) is 0. The standard InChI is InChI=1S/C7H13NO/c1-9-7-3-6-2-5(7)4-8-6/h5-8H,2-4H2,1H3. The molecule has 0 radical (unpaired) electrons. The number of rotatable bonds is 1. The summed E-state index contributed by atoms with van der Waals surface area (Å²) in [7, 11) is 1.82. The van der Waals surface area contributed by atoms with Crippen molar-refractivity contribution in [3.63, 3.8) is 0 Å². The minimum absolute atomic E-state index is 0.566. The maximum absolute atomic E-state index is 5.31. The van der Waals surface area contributed by atoms with E-state index >= 15 is 0 Å². The Morgan fingerprint density at radius 3 is 2.67 bits per heavy atom. The number of hydrogen-bond donors (Lipinski definition) is 1. The third kappa shape index (κ3) is 0.775. The summed E-state index contributed by atoms with van der Waals surface area (Å²) >= 11 is 0. The molecule has 2 bridgehead atoms. The van der Waals surface area contributed by atoms with Gasteiger partial charge in [0.2, 0.25) is 0 Å². The molecule has 9 heavy (non-hydrogen) atoms. The molecule has 2 rings (SSSR count). The Hall–Kier alpha value is -0.0800. The van der Waals surface area contributed by atoms with Crippen molar-refractivity contribution in [2.24, 2.45) is 5.92 Å². The molecule has 0 amide bonds. The van der Waals surface area contributed by atoms with Crippen LogP contribution in [0.25, 0.3) is 0 Å². The zero-order chi connectivity index (χ0) is 6.27. The summed E-state index contributed by atoms with van der Waals surface area (Å²) in [6.45, 7) is 1.18. The predicted octanol–water partition coefficient (Wildman–Crippen LogP) is 0.383. The second kappa shape index (κ2) is 1.96. The van der Waals surface area contributed by atoms with E-state index in [0.29, 0.717) is 6.10 Å². The first-order valence-electron chi connectivity index (χ1n) is 3.66. The minimum atomic E-state index is 0.566. The Kier molecular flexibility index (Phi) is 1.24. The summed E-state index contributed by atoms with van der Waals surface area (Å²) < 4.78 is 5.31. The van der Waals surface area contributed by atoms with E-state index in [0.717, 1.165) is 12.0 Å². The molecular formula is C7H13NO. The van der Waals surface area contributed by atoms with Crippen molar-refractivity contribution in [1.29, 1.82) is 0 Å². The first-order chi connectivity index (χ1) is 4.40. The van der Waals surface area contributed by atoms with Gasteiger partial charge < -0.3 is 10.1 Å². The van der Waals surface area contributed by atoms with E-state index in [9.17, 15) is 0 Å². The molecule has 0 aromatic rings. The van der Waals surface area contributed by atoms with Gasteiger partial charge in [0, 0.05) is 19.7 Å². The molecule has 2 aliphatic rings. The molecule has 3 atom stereocenters. The molecule has 3 unspecified atom stereocenters. The number of piperidine rings is 1. The first kappa shape index (κ1) is 5.69. The van der Waals surface area contributed by atoms with Crippen LogP contribution in [0.1, 0.15) is 12.8 Å². The van der Waals surface area contributed by atoms with E-state index < -0.39 is 0 Å². The molecule has 0 aromatic heterocycles. The smallest absolute Gasteiger partial charge is 0.0627 e. The fraction of sp³-hybridized carbons (Fsp3) is 1.00. The summed E-state index contributed by atoms with van der Waals surface area (Å²) in [6, 6.07) is 0.778. The van der Waals surface area contributed by atoms with Gasteiger partial charge in [-0.1, -0.05) is 0 Å². The highest BCUT2D eigenvalue weighted by molar-refractivity contribution is 4.95. The van der Waals surface area contributed by atoms with Gasteiger partial charge in [0.15, 0.2) is 0 Å². The lowest BCUT2D eigenvalue weighted by atomic mass is 10.1. The molecule has 2 nitrogen and oxygen atoms in total. The molecule has 0 aromatic carbocycles. The van der Waals surface area contributed by atoms with Crippen molar-refractivity contribution in [2.75, 3.05) is 13.7 Å². The van der Waals surface area contributed by atoms with Gasteiger partial charge in [-0.3, -0.25) is 0 Å². The van der Waals surface area contributed by atoms with Crippen LogP contribution in [0.2, 0.25) is 0 Å². The summed E-state index contributed by atoms with van der Waals surface area (Å²) in [5, 5.41) is 3.44. The number of ether oxygens (including phenoxy) is 1. The fourth-order valence-corrected chi connectivity index (χ4v) is 2.07. The van der Waals surface area contributed by atoms with Gasteiger partial charge in [-0.2, -0.15) is 0 Å². The van der Waals surface area contributed by atoms with Gasteiger partial charge in [-0.05, 0) is 18.8 Å². The number of methoxy groups -OCH3 is 1. The van der Waals surface area contributed by atoms with Crippen LogP contribution >= 0.6 is 0 Å². The van der Waals surface area contributed by atoms with Crippen molar-refractivity contribution in [2.45, 2.75) is 25.0 Å². The predicted molar refractivity (Wildman–Crippen MR) is 35.3 cm³/mol. The van der Waals surface area contributed by atoms with Gasteiger partial charge in [-0.25, -0.2) is 0 Å². The van der Waals surface area contributed by atoms with Crippen molar-refractivity contribution < 1.29 is 4.74 Å². The largest absolute Gasteiger partial charge is 0.381 e. The lowest BCUT2D eigenvalue weighted by Gasteiger charge is -2.20. The summed E-state index contributed by atoms with van der Waals surface area (Å²) in [5.74, 6) is 0.819. The van der Waals surface area contributed by atoms with Crippen LogP contribution < -0.4 is 5.32 Å². The third-order valence-electron chi connectivity index (χ3n) is 2.60. The first-order valence-corrected chi connectivity index (χ1v) is 3.66. The van der Waals surface area contributed by atoms with Crippen LogP contribution in [0.3, 0.4) is 0 Å². The highest BCUT2D eigenvalue weighted by Gasteiger charge is 2.39. The van der Waals surface area contributed by atoms with E-state index in [2.05, 4.69) is 5.32 Å². The average Bonchev–Trinajstić information content (AvgIpc) is 2.45. The molecule has 1 saturated carbocycles. The van der Waals surface area contributed by atoms with Gasteiger partial charge in [0.05, 0.1) is 6.10 Å². The van der Waals surface area contributed by atoms with Crippen LogP contribution in [0.4, 0.5) is 0 Å². The number of nitrogens with one attached hydrogen (secondary N) is 1. The SMILES string of the molecule is COC1CC2CC1CN2. The van der Waals surface area contributed by atoms with E-state index in [1.54, 1.807) is 0 Å². The Labute approximate surface area is 55.6 Å². The maximum Gasteiger partial charge on any atom is 0.0627 e. The van der Waals surface area contributed by atoms with E-state index in [1.807, 2.05) is 7.11 Å². The Morgan fingerprint density at radius 2 is 2.33 bits per heavy atom. The summed E-state index contributed by atoms with van der Waals surface area (Å²) in [4.78, 5) is 0. The number of fused-ring (bicyclic) bond motifs is 2.